The average Bonchev–Trinajstić information content (AvgIpc) is 3.02. The summed E-state index contributed by atoms with van der Waals surface area (Å²) in [5, 5.41) is 25.4. The number of aliphatic hydroxyl groups is 1. The normalized spacial score (nSPS) is 12.2. The van der Waals surface area contributed by atoms with Crippen LogP contribution in [0.4, 0.5) is 10.2 Å². The van der Waals surface area contributed by atoms with Crippen LogP contribution in [0, 0.1) is 12.7 Å². The van der Waals surface area contributed by atoms with Crippen LogP contribution in [0.5, 0.6) is 0 Å². The third kappa shape index (κ3) is 3.69. The molecule has 0 bridgehead atoms. The first-order valence-electron chi connectivity index (χ1n) is 7.26. The van der Waals surface area contributed by atoms with E-state index in [4.69, 9.17) is 11.6 Å². The van der Waals surface area contributed by atoms with E-state index in [9.17, 15) is 9.50 Å². The molecule has 0 spiro atoms. The van der Waals surface area contributed by atoms with Crippen LogP contribution in [0.3, 0.4) is 0 Å². The Morgan fingerprint density at radius 2 is 2.08 bits per heavy atom. The Labute approximate surface area is 142 Å². The molecule has 0 amide bonds. The molecule has 3 aromatic rings. The monoisotopic (exact) mass is 347 g/mol. The Balaban J connectivity index is 1.63. The number of benzene rings is 1. The zero-order valence-electron chi connectivity index (χ0n) is 12.8. The molecule has 24 heavy (non-hydrogen) atoms. The van der Waals surface area contributed by atoms with Gasteiger partial charge < -0.3 is 10.4 Å². The zero-order valence-corrected chi connectivity index (χ0v) is 13.6. The lowest BCUT2D eigenvalue weighted by Crippen LogP contribution is -2.14. The van der Waals surface area contributed by atoms with Crippen LogP contribution >= 0.6 is 11.6 Å². The maximum absolute atomic E-state index is 13.4. The number of aliphatic hydroxyl groups excluding tert-OH is 1. The molecule has 2 heterocycles. The third-order valence-corrected chi connectivity index (χ3v) is 3.72. The molecule has 0 radical (unpaired) electrons. The summed E-state index contributed by atoms with van der Waals surface area (Å²) in [6.45, 7) is 2.05. The molecule has 1 unspecified atom stereocenters. The SMILES string of the molecule is Cc1ccn(-c2ccc(NCC(O)c3ccc(Cl)c(F)c3)nn2)n1. The molecule has 1 atom stereocenters. The van der Waals surface area contributed by atoms with E-state index in [0.29, 0.717) is 17.2 Å². The van der Waals surface area contributed by atoms with E-state index < -0.39 is 11.9 Å². The summed E-state index contributed by atoms with van der Waals surface area (Å²) < 4.78 is 15.0. The van der Waals surface area contributed by atoms with E-state index in [2.05, 4.69) is 20.6 Å². The van der Waals surface area contributed by atoms with Gasteiger partial charge in [0.05, 0.1) is 16.8 Å². The molecule has 0 aliphatic heterocycles. The largest absolute Gasteiger partial charge is 0.387 e. The van der Waals surface area contributed by atoms with E-state index in [0.717, 1.165) is 5.69 Å². The molecule has 2 N–H and O–H groups in total. The minimum atomic E-state index is -0.896. The fraction of sp³-hybridized carbons (Fsp3) is 0.188. The molecule has 8 heteroatoms. The lowest BCUT2D eigenvalue weighted by Gasteiger charge is -2.13. The molecule has 0 saturated heterocycles. The summed E-state index contributed by atoms with van der Waals surface area (Å²) in [6, 6.07) is 9.56. The third-order valence-electron chi connectivity index (χ3n) is 3.41. The van der Waals surface area contributed by atoms with Crippen molar-refractivity contribution in [2.24, 2.45) is 0 Å². The molecular formula is C16H15ClFN5O. The summed E-state index contributed by atoms with van der Waals surface area (Å²) in [5.41, 5.74) is 1.32. The van der Waals surface area contributed by atoms with E-state index in [1.807, 2.05) is 13.0 Å². The van der Waals surface area contributed by atoms with Gasteiger partial charge in [0.25, 0.3) is 0 Å². The molecule has 3 rings (SSSR count). The van der Waals surface area contributed by atoms with Gasteiger partial charge in [-0.25, -0.2) is 9.07 Å². The van der Waals surface area contributed by atoms with Crippen molar-refractivity contribution in [1.82, 2.24) is 20.0 Å². The van der Waals surface area contributed by atoms with Crippen LogP contribution in [-0.4, -0.2) is 31.6 Å². The van der Waals surface area contributed by atoms with Gasteiger partial charge in [-0.3, -0.25) is 0 Å². The van der Waals surface area contributed by atoms with E-state index in [1.54, 1.807) is 29.1 Å². The standard InChI is InChI=1S/C16H15ClFN5O/c1-10-6-7-23(22-10)16-5-4-15(20-21-16)19-9-14(24)11-2-3-12(17)13(18)8-11/h2-8,14,24H,9H2,1H3,(H,19,20). The Hall–Kier alpha value is -2.51. The van der Waals surface area contributed by atoms with Gasteiger partial charge in [-0.05, 0) is 42.8 Å². The van der Waals surface area contributed by atoms with E-state index >= 15 is 0 Å². The van der Waals surface area contributed by atoms with Gasteiger partial charge in [0.15, 0.2) is 5.82 Å². The highest BCUT2D eigenvalue weighted by Gasteiger charge is 2.11. The Morgan fingerprint density at radius 3 is 2.71 bits per heavy atom. The van der Waals surface area contributed by atoms with Crippen molar-refractivity contribution >= 4 is 17.4 Å². The van der Waals surface area contributed by atoms with Crippen molar-refractivity contribution in [3.8, 4) is 5.82 Å². The van der Waals surface area contributed by atoms with Gasteiger partial charge in [0.2, 0.25) is 0 Å². The smallest absolute Gasteiger partial charge is 0.175 e. The Kier molecular flexibility index (Phi) is 4.73. The fourth-order valence-electron chi connectivity index (χ4n) is 2.12. The van der Waals surface area contributed by atoms with Crippen molar-refractivity contribution < 1.29 is 9.50 Å². The number of halogens is 2. The molecular weight excluding hydrogens is 333 g/mol. The number of aromatic nitrogens is 4. The molecule has 124 valence electrons. The zero-order chi connectivity index (χ0) is 17.1. The Morgan fingerprint density at radius 1 is 1.25 bits per heavy atom. The molecule has 0 fully saturated rings. The summed E-state index contributed by atoms with van der Waals surface area (Å²) in [4.78, 5) is 0. The number of nitrogens with zero attached hydrogens (tertiary/aromatic N) is 4. The first-order valence-corrected chi connectivity index (χ1v) is 7.64. The quantitative estimate of drug-likeness (QED) is 0.742. The van der Waals surface area contributed by atoms with Crippen molar-refractivity contribution in [3.05, 3.63) is 64.7 Å². The lowest BCUT2D eigenvalue weighted by molar-refractivity contribution is 0.191. The van der Waals surface area contributed by atoms with Crippen LogP contribution in [-0.2, 0) is 0 Å². The molecule has 1 aromatic carbocycles. The highest BCUT2D eigenvalue weighted by atomic mass is 35.5. The molecule has 2 aromatic heterocycles. The highest BCUT2D eigenvalue weighted by molar-refractivity contribution is 6.30. The molecule has 0 aliphatic carbocycles. The number of aryl methyl sites for hydroxylation is 1. The van der Waals surface area contributed by atoms with Crippen molar-refractivity contribution in [2.75, 3.05) is 11.9 Å². The van der Waals surface area contributed by atoms with Gasteiger partial charge in [-0.15, -0.1) is 10.2 Å². The summed E-state index contributed by atoms with van der Waals surface area (Å²) in [6.07, 6.45) is 0.901. The second kappa shape index (κ2) is 6.94. The molecule has 6 nitrogen and oxygen atoms in total. The van der Waals surface area contributed by atoms with Crippen molar-refractivity contribution in [1.29, 1.82) is 0 Å². The van der Waals surface area contributed by atoms with Gasteiger partial charge in [0.1, 0.15) is 11.6 Å². The maximum atomic E-state index is 13.4. The number of rotatable bonds is 5. The van der Waals surface area contributed by atoms with Gasteiger partial charge in [-0.2, -0.15) is 5.10 Å². The van der Waals surface area contributed by atoms with Gasteiger partial charge >= 0.3 is 0 Å². The van der Waals surface area contributed by atoms with Crippen LogP contribution in [0.15, 0.2) is 42.6 Å². The predicted octanol–water partition coefficient (Wildman–Crippen LogP) is 2.91. The minimum absolute atomic E-state index is 0.0224. The minimum Gasteiger partial charge on any atom is -0.387 e. The van der Waals surface area contributed by atoms with Gasteiger partial charge in [-0.1, -0.05) is 17.7 Å². The topological polar surface area (TPSA) is 75.9 Å². The summed E-state index contributed by atoms with van der Waals surface area (Å²) >= 11 is 5.63. The number of nitrogens with one attached hydrogen (secondary N) is 1. The summed E-state index contributed by atoms with van der Waals surface area (Å²) in [5.74, 6) is 0.525. The highest BCUT2D eigenvalue weighted by Crippen LogP contribution is 2.20. The second-order valence-corrected chi connectivity index (χ2v) is 5.66. The van der Waals surface area contributed by atoms with Crippen molar-refractivity contribution in [3.63, 3.8) is 0 Å². The number of hydrogen-bond acceptors (Lipinski definition) is 5. The van der Waals surface area contributed by atoms with Crippen molar-refractivity contribution in [2.45, 2.75) is 13.0 Å². The fourth-order valence-corrected chi connectivity index (χ4v) is 2.24. The van der Waals surface area contributed by atoms with E-state index in [1.165, 1.54) is 12.1 Å². The number of anilines is 1. The summed E-state index contributed by atoms with van der Waals surface area (Å²) in [7, 11) is 0. The van der Waals surface area contributed by atoms with Gasteiger partial charge in [0, 0.05) is 12.7 Å². The maximum Gasteiger partial charge on any atom is 0.175 e. The van der Waals surface area contributed by atoms with Crippen LogP contribution in [0.1, 0.15) is 17.4 Å². The first kappa shape index (κ1) is 16.4. The van der Waals surface area contributed by atoms with Crippen LogP contribution < -0.4 is 5.32 Å². The second-order valence-electron chi connectivity index (χ2n) is 5.25. The molecule has 0 saturated carbocycles. The number of hydrogen-bond donors (Lipinski definition) is 2. The predicted molar refractivity (Wildman–Crippen MR) is 88.8 cm³/mol. The van der Waals surface area contributed by atoms with Crippen LogP contribution in [0.2, 0.25) is 5.02 Å². The Bertz CT molecular complexity index is 837. The van der Waals surface area contributed by atoms with Crippen LogP contribution in [0.25, 0.3) is 5.82 Å². The first-order chi connectivity index (χ1) is 11.5. The average molecular weight is 348 g/mol. The lowest BCUT2D eigenvalue weighted by atomic mass is 10.1. The molecule has 0 aliphatic rings. The van der Waals surface area contributed by atoms with E-state index in [-0.39, 0.29) is 11.6 Å².